The molecule has 0 spiro atoms. The number of anilines is 1. The molecule has 4 N–H and O–H groups in total. The summed E-state index contributed by atoms with van der Waals surface area (Å²) in [6.45, 7) is 7.32. The summed E-state index contributed by atoms with van der Waals surface area (Å²) in [6, 6.07) is 4.81. The first-order chi connectivity index (χ1) is 10.6. The average molecular weight is 319 g/mol. The van der Waals surface area contributed by atoms with Crippen LogP contribution < -0.4 is 5.73 Å². The van der Waals surface area contributed by atoms with Gasteiger partial charge in [0.05, 0.1) is 23.4 Å². The molecule has 0 aromatic heterocycles. The number of aliphatic hydroxyl groups is 1. The predicted molar refractivity (Wildman–Crippen MR) is 89.0 cm³/mol. The van der Waals surface area contributed by atoms with Crippen LogP contribution in [0.5, 0.6) is 0 Å². The molecule has 1 aliphatic rings. The molecule has 124 valence electrons. The van der Waals surface area contributed by atoms with E-state index in [1.54, 1.807) is 18.2 Å². The minimum Gasteiger partial charge on any atom is -0.478 e. The van der Waals surface area contributed by atoms with E-state index in [1.807, 2.05) is 27.7 Å². The fourth-order valence-corrected chi connectivity index (χ4v) is 2.34. The lowest BCUT2D eigenvalue weighted by Gasteiger charge is -2.32. The quantitative estimate of drug-likeness (QED) is 0.579. The van der Waals surface area contributed by atoms with Crippen molar-refractivity contribution in [3.8, 4) is 0 Å². The zero-order chi connectivity index (χ0) is 17.4. The molecular formula is C16H22BNO5. The van der Waals surface area contributed by atoms with Crippen LogP contribution in [0.1, 0.15) is 43.6 Å². The monoisotopic (exact) mass is 319 g/mol. The van der Waals surface area contributed by atoms with Gasteiger partial charge >= 0.3 is 13.1 Å². The molecule has 1 aromatic rings. The number of hydrogen-bond donors (Lipinski definition) is 3. The fraction of sp³-hybridized carbons (Fsp3) is 0.438. The topological polar surface area (TPSA) is 102 Å². The molecule has 1 fully saturated rings. The summed E-state index contributed by atoms with van der Waals surface area (Å²) in [6.07, 6.45) is 1.56. The molecule has 0 amide bonds. The molecule has 6 nitrogen and oxygen atoms in total. The van der Waals surface area contributed by atoms with Crippen molar-refractivity contribution in [2.24, 2.45) is 0 Å². The lowest BCUT2D eigenvalue weighted by Crippen LogP contribution is -2.41. The molecule has 1 saturated heterocycles. The summed E-state index contributed by atoms with van der Waals surface area (Å²) in [5, 5.41) is 19.0. The molecule has 1 aliphatic heterocycles. The number of carboxylic acids is 1. The summed E-state index contributed by atoms with van der Waals surface area (Å²) < 4.78 is 11.8. The number of aromatic carboxylic acids is 1. The summed E-state index contributed by atoms with van der Waals surface area (Å²) in [4.78, 5) is 11.4. The number of nitrogen functional groups attached to an aromatic ring is 1. The molecule has 0 bridgehead atoms. The van der Waals surface area contributed by atoms with Gasteiger partial charge in [0.15, 0.2) is 0 Å². The van der Waals surface area contributed by atoms with Crippen LogP contribution in [0.15, 0.2) is 23.7 Å². The van der Waals surface area contributed by atoms with E-state index in [1.165, 1.54) is 6.07 Å². The zero-order valence-electron chi connectivity index (χ0n) is 13.8. The molecule has 0 radical (unpaired) electrons. The van der Waals surface area contributed by atoms with E-state index >= 15 is 0 Å². The second-order valence-corrected chi connectivity index (χ2v) is 6.58. The maximum atomic E-state index is 11.4. The van der Waals surface area contributed by atoms with Gasteiger partial charge in [-0.15, -0.1) is 0 Å². The summed E-state index contributed by atoms with van der Waals surface area (Å²) in [5.41, 5.74) is 5.66. The molecule has 0 saturated carbocycles. The highest BCUT2D eigenvalue weighted by molar-refractivity contribution is 6.55. The van der Waals surface area contributed by atoms with Gasteiger partial charge in [-0.25, -0.2) is 4.79 Å². The van der Waals surface area contributed by atoms with E-state index < -0.39 is 24.3 Å². The number of hydrogen-bond acceptors (Lipinski definition) is 5. The Morgan fingerprint density at radius 2 is 1.83 bits per heavy atom. The van der Waals surface area contributed by atoms with E-state index in [0.29, 0.717) is 11.0 Å². The van der Waals surface area contributed by atoms with Crippen LogP contribution in [0.25, 0.3) is 6.08 Å². The molecule has 0 aliphatic carbocycles. The van der Waals surface area contributed by atoms with E-state index in [9.17, 15) is 15.0 Å². The molecule has 2 rings (SSSR count). The lowest BCUT2D eigenvalue weighted by atomic mass is 9.77. The van der Waals surface area contributed by atoms with Crippen LogP contribution in [0.4, 0.5) is 5.69 Å². The Bertz CT molecular complexity index is 638. The van der Waals surface area contributed by atoms with Crippen LogP contribution in [0.2, 0.25) is 0 Å². The SMILES string of the molecule is CC1(C)OB(C(=Cc2cccc(N)c2C(=O)O)CO)OC1(C)C. The summed E-state index contributed by atoms with van der Waals surface area (Å²) >= 11 is 0. The van der Waals surface area contributed by atoms with Crippen molar-refractivity contribution in [1.82, 2.24) is 0 Å². The fourth-order valence-electron chi connectivity index (χ4n) is 2.34. The molecule has 1 aromatic carbocycles. The maximum absolute atomic E-state index is 11.4. The first-order valence-electron chi connectivity index (χ1n) is 7.38. The molecule has 0 atom stereocenters. The van der Waals surface area contributed by atoms with Crippen molar-refractivity contribution < 1.29 is 24.3 Å². The minimum absolute atomic E-state index is 0.00466. The van der Waals surface area contributed by atoms with Crippen LogP contribution in [-0.4, -0.2) is 41.1 Å². The number of benzene rings is 1. The second kappa shape index (κ2) is 6.00. The Morgan fingerprint density at radius 1 is 1.26 bits per heavy atom. The molecule has 23 heavy (non-hydrogen) atoms. The first kappa shape index (κ1) is 17.5. The third kappa shape index (κ3) is 3.27. The van der Waals surface area contributed by atoms with E-state index in [2.05, 4.69) is 0 Å². The third-order valence-electron chi connectivity index (χ3n) is 4.42. The van der Waals surface area contributed by atoms with Gasteiger partial charge in [0, 0.05) is 5.69 Å². The average Bonchev–Trinajstić information content (AvgIpc) is 2.64. The number of rotatable bonds is 4. The molecule has 7 heteroatoms. The second-order valence-electron chi connectivity index (χ2n) is 6.58. The van der Waals surface area contributed by atoms with E-state index in [0.717, 1.165) is 0 Å². The van der Waals surface area contributed by atoms with Crippen LogP contribution >= 0.6 is 0 Å². The van der Waals surface area contributed by atoms with Crippen molar-refractivity contribution in [3.05, 3.63) is 34.8 Å². The molecular weight excluding hydrogens is 297 g/mol. The van der Waals surface area contributed by atoms with Gasteiger partial charge in [-0.05, 0) is 44.8 Å². The number of nitrogens with two attached hydrogens (primary N) is 1. The van der Waals surface area contributed by atoms with Crippen LogP contribution in [-0.2, 0) is 9.31 Å². The smallest absolute Gasteiger partial charge is 0.478 e. The van der Waals surface area contributed by atoms with Gasteiger partial charge in [-0.1, -0.05) is 18.2 Å². The van der Waals surface area contributed by atoms with Crippen molar-refractivity contribution in [1.29, 1.82) is 0 Å². The summed E-state index contributed by atoms with van der Waals surface area (Å²) in [7, 11) is -0.743. The highest BCUT2D eigenvalue weighted by Gasteiger charge is 2.52. The minimum atomic E-state index is -1.12. The number of carboxylic acid groups (broad SMARTS) is 1. The van der Waals surface area contributed by atoms with Crippen molar-refractivity contribution in [2.75, 3.05) is 12.3 Å². The highest BCUT2D eigenvalue weighted by atomic mass is 16.7. The van der Waals surface area contributed by atoms with Gasteiger partial charge in [0.1, 0.15) is 0 Å². The van der Waals surface area contributed by atoms with Gasteiger partial charge in [-0.2, -0.15) is 0 Å². The van der Waals surface area contributed by atoms with Gasteiger partial charge in [0.25, 0.3) is 0 Å². The summed E-state index contributed by atoms with van der Waals surface area (Å²) in [5.74, 6) is -1.12. The molecule has 1 heterocycles. The van der Waals surface area contributed by atoms with Gasteiger partial charge in [0.2, 0.25) is 0 Å². The molecule has 0 unspecified atom stereocenters. The highest BCUT2D eigenvalue weighted by Crippen LogP contribution is 2.38. The first-order valence-corrected chi connectivity index (χ1v) is 7.38. The maximum Gasteiger partial charge on any atom is 0.492 e. The Kier molecular flexibility index (Phi) is 4.57. The van der Waals surface area contributed by atoms with Crippen LogP contribution in [0.3, 0.4) is 0 Å². The lowest BCUT2D eigenvalue weighted by molar-refractivity contribution is 0.00578. The number of carbonyl (C=O) groups is 1. The van der Waals surface area contributed by atoms with Crippen molar-refractivity contribution in [2.45, 2.75) is 38.9 Å². The Hall–Kier alpha value is -1.83. The van der Waals surface area contributed by atoms with Gasteiger partial charge in [-0.3, -0.25) is 0 Å². The Balaban J connectivity index is 2.42. The van der Waals surface area contributed by atoms with Crippen LogP contribution in [0, 0.1) is 0 Å². The van der Waals surface area contributed by atoms with E-state index in [4.69, 9.17) is 15.0 Å². The Labute approximate surface area is 136 Å². The Morgan fingerprint density at radius 3 is 2.30 bits per heavy atom. The predicted octanol–water partition coefficient (Wildman–Crippen LogP) is 1.97. The van der Waals surface area contributed by atoms with Gasteiger partial charge < -0.3 is 25.3 Å². The largest absolute Gasteiger partial charge is 0.492 e. The number of aliphatic hydroxyl groups excluding tert-OH is 1. The normalized spacial score (nSPS) is 19.9. The standard InChI is InChI=1S/C16H22BNO5/c1-15(2)16(3,4)23-17(22-15)11(9-19)8-10-6-5-7-12(18)13(10)14(20)21/h5-8,19H,9,18H2,1-4H3,(H,20,21). The van der Waals surface area contributed by atoms with Crippen molar-refractivity contribution in [3.63, 3.8) is 0 Å². The third-order valence-corrected chi connectivity index (χ3v) is 4.42. The van der Waals surface area contributed by atoms with Crippen molar-refractivity contribution >= 4 is 24.9 Å². The van der Waals surface area contributed by atoms with E-state index in [-0.39, 0.29) is 17.9 Å². The zero-order valence-corrected chi connectivity index (χ0v) is 13.8.